The van der Waals surface area contributed by atoms with E-state index < -0.39 is 0 Å². The third-order valence-electron chi connectivity index (χ3n) is 3.78. The Morgan fingerprint density at radius 2 is 2.00 bits per heavy atom. The average molecular weight is 246 g/mol. The monoisotopic (exact) mass is 246 g/mol. The maximum absolute atomic E-state index is 3.67. The van der Waals surface area contributed by atoms with Gasteiger partial charge in [0.2, 0.25) is 0 Å². The molecule has 0 aromatic heterocycles. The van der Waals surface area contributed by atoms with Crippen LogP contribution in [-0.4, -0.2) is 31.1 Å². The fourth-order valence-corrected chi connectivity index (χ4v) is 2.42. The lowest BCUT2D eigenvalue weighted by atomic mass is 10.0. The maximum atomic E-state index is 3.67. The molecular formula is C16H26N2. The third-order valence-corrected chi connectivity index (χ3v) is 3.78. The molecule has 0 heterocycles. The SMILES string of the molecule is CCCNC(CCN(C)C1CC1)c1ccccc1. The molecule has 0 amide bonds. The lowest BCUT2D eigenvalue weighted by Crippen LogP contribution is -2.28. The lowest BCUT2D eigenvalue weighted by Gasteiger charge is -2.23. The summed E-state index contributed by atoms with van der Waals surface area (Å²) in [6.07, 6.45) is 5.20. The molecule has 1 aromatic carbocycles. The minimum Gasteiger partial charge on any atom is -0.310 e. The molecule has 2 rings (SSSR count). The van der Waals surface area contributed by atoms with E-state index in [0.717, 1.165) is 12.6 Å². The van der Waals surface area contributed by atoms with Crippen LogP contribution in [0.1, 0.15) is 44.2 Å². The first kappa shape index (κ1) is 13.6. The molecular weight excluding hydrogens is 220 g/mol. The average Bonchev–Trinajstić information content (AvgIpc) is 3.24. The Morgan fingerprint density at radius 3 is 2.61 bits per heavy atom. The summed E-state index contributed by atoms with van der Waals surface area (Å²) in [4.78, 5) is 2.52. The molecule has 1 aliphatic rings. The van der Waals surface area contributed by atoms with E-state index in [1.807, 2.05) is 0 Å². The molecule has 0 saturated heterocycles. The van der Waals surface area contributed by atoms with E-state index in [1.165, 1.54) is 37.8 Å². The van der Waals surface area contributed by atoms with Crippen molar-refractivity contribution in [2.45, 2.75) is 44.7 Å². The maximum Gasteiger partial charge on any atom is 0.0332 e. The molecule has 0 radical (unpaired) electrons. The minimum absolute atomic E-state index is 0.507. The first-order chi connectivity index (χ1) is 8.81. The Labute approximate surface area is 111 Å². The van der Waals surface area contributed by atoms with Crippen LogP contribution in [-0.2, 0) is 0 Å². The zero-order valence-electron chi connectivity index (χ0n) is 11.7. The highest BCUT2D eigenvalue weighted by Gasteiger charge is 2.26. The van der Waals surface area contributed by atoms with E-state index in [9.17, 15) is 0 Å². The Balaban J connectivity index is 1.87. The van der Waals surface area contributed by atoms with Crippen molar-refractivity contribution in [2.24, 2.45) is 0 Å². The molecule has 0 bridgehead atoms. The van der Waals surface area contributed by atoms with Crippen molar-refractivity contribution in [3.63, 3.8) is 0 Å². The van der Waals surface area contributed by atoms with Gasteiger partial charge >= 0.3 is 0 Å². The van der Waals surface area contributed by atoms with Crippen LogP contribution in [0.4, 0.5) is 0 Å². The molecule has 0 aliphatic heterocycles. The molecule has 1 saturated carbocycles. The molecule has 18 heavy (non-hydrogen) atoms. The van der Waals surface area contributed by atoms with Crippen LogP contribution in [0.5, 0.6) is 0 Å². The summed E-state index contributed by atoms with van der Waals surface area (Å²) in [5.41, 5.74) is 1.43. The van der Waals surface area contributed by atoms with Gasteiger partial charge in [-0.3, -0.25) is 0 Å². The van der Waals surface area contributed by atoms with Gasteiger partial charge in [0.05, 0.1) is 0 Å². The van der Waals surface area contributed by atoms with Crippen LogP contribution < -0.4 is 5.32 Å². The second-order valence-corrected chi connectivity index (χ2v) is 5.42. The normalized spacial score (nSPS) is 17.1. The van der Waals surface area contributed by atoms with Crippen LogP contribution in [0.3, 0.4) is 0 Å². The van der Waals surface area contributed by atoms with E-state index in [0.29, 0.717) is 6.04 Å². The molecule has 1 atom stereocenters. The summed E-state index contributed by atoms with van der Waals surface area (Å²) in [6, 6.07) is 12.2. The van der Waals surface area contributed by atoms with Crippen molar-refractivity contribution in [1.82, 2.24) is 10.2 Å². The Morgan fingerprint density at radius 1 is 1.28 bits per heavy atom. The van der Waals surface area contributed by atoms with Crippen molar-refractivity contribution < 1.29 is 0 Å². The number of benzene rings is 1. The summed E-state index contributed by atoms with van der Waals surface area (Å²) >= 11 is 0. The molecule has 100 valence electrons. The smallest absolute Gasteiger partial charge is 0.0332 e. The molecule has 2 nitrogen and oxygen atoms in total. The van der Waals surface area contributed by atoms with Gasteiger partial charge < -0.3 is 10.2 Å². The van der Waals surface area contributed by atoms with Gasteiger partial charge in [-0.05, 0) is 51.4 Å². The topological polar surface area (TPSA) is 15.3 Å². The van der Waals surface area contributed by atoms with Crippen molar-refractivity contribution in [3.05, 3.63) is 35.9 Å². The highest BCUT2D eigenvalue weighted by atomic mass is 15.2. The Bertz CT molecular complexity index is 332. The number of rotatable bonds is 8. The van der Waals surface area contributed by atoms with Gasteiger partial charge in [0, 0.05) is 12.1 Å². The number of nitrogens with zero attached hydrogens (tertiary/aromatic N) is 1. The highest BCUT2D eigenvalue weighted by molar-refractivity contribution is 5.18. The van der Waals surface area contributed by atoms with Gasteiger partial charge in [0.1, 0.15) is 0 Å². The zero-order chi connectivity index (χ0) is 12.8. The van der Waals surface area contributed by atoms with Crippen molar-refractivity contribution in [2.75, 3.05) is 20.1 Å². The van der Waals surface area contributed by atoms with Gasteiger partial charge in [-0.2, -0.15) is 0 Å². The van der Waals surface area contributed by atoms with E-state index in [2.05, 4.69) is 54.5 Å². The first-order valence-electron chi connectivity index (χ1n) is 7.30. The second kappa shape index (κ2) is 6.91. The number of hydrogen-bond acceptors (Lipinski definition) is 2. The number of nitrogens with one attached hydrogen (secondary N) is 1. The second-order valence-electron chi connectivity index (χ2n) is 5.42. The summed E-state index contributed by atoms with van der Waals surface area (Å²) in [5.74, 6) is 0. The van der Waals surface area contributed by atoms with E-state index in [1.54, 1.807) is 0 Å². The molecule has 1 fully saturated rings. The van der Waals surface area contributed by atoms with Gasteiger partial charge in [0.15, 0.2) is 0 Å². The summed E-state index contributed by atoms with van der Waals surface area (Å²) < 4.78 is 0. The van der Waals surface area contributed by atoms with Gasteiger partial charge in [-0.1, -0.05) is 37.3 Å². The van der Waals surface area contributed by atoms with E-state index >= 15 is 0 Å². The van der Waals surface area contributed by atoms with Crippen LogP contribution in [0.15, 0.2) is 30.3 Å². The molecule has 1 aromatic rings. The minimum atomic E-state index is 0.507. The molecule has 2 heteroatoms. The Kier molecular flexibility index (Phi) is 5.21. The molecule has 1 aliphatic carbocycles. The molecule has 1 N–H and O–H groups in total. The zero-order valence-corrected chi connectivity index (χ0v) is 11.7. The van der Waals surface area contributed by atoms with Crippen LogP contribution in [0, 0.1) is 0 Å². The predicted molar refractivity (Wildman–Crippen MR) is 77.7 cm³/mol. The highest BCUT2D eigenvalue weighted by Crippen LogP contribution is 2.26. The third kappa shape index (κ3) is 4.11. The predicted octanol–water partition coefficient (Wildman–Crippen LogP) is 3.21. The quantitative estimate of drug-likeness (QED) is 0.757. The molecule has 1 unspecified atom stereocenters. The van der Waals surface area contributed by atoms with Crippen LogP contribution in [0.2, 0.25) is 0 Å². The van der Waals surface area contributed by atoms with Crippen LogP contribution >= 0.6 is 0 Å². The van der Waals surface area contributed by atoms with E-state index in [-0.39, 0.29) is 0 Å². The fourth-order valence-electron chi connectivity index (χ4n) is 2.42. The van der Waals surface area contributed by atoms with Crippen molar-refractivity contribution in [3.8, 4) is 0 Å². The first-order valence-corrected chi connectivity index (χ1v) is 7.30. The van der Waals surface area contributed by atoms with Crippen molar-refractivity contribution >= 4 is 0 Å². The van der Waals surface area contributed by atoms with Crippen molar-refractivity contribution in [1.29, 1.82) is 0 Å². The van der Waals surface area contributed by atoms with E-state index in [4.69, 9.17) is 0 Å². The summed E-state index contributed by atoms with van der Waals surface area (Å²) in [6.45, 7) is 4.53. The lowest BCUT2D eigenvalue weighted by molar-refractivity contribution is 0.298. The summed E-state index contributed by atoms with van der Waals surface area (Å²) in [7, 11) is 2.26. The Hall–Kier alpha value is -0.860. The van der Waals surface area contributed by atoms with Crippen LogP contribution in [0.25, 0.3) is 0 Å². The van der Waals surface area contributed by atoms with Gasteiger partial charge in [0.25, 0.3) is 0 Å². The standard InChI is InChI=1S/C16H26N2/c1-3-12-17-16(14-7-5-4-6-8-14)11-13-18(2)15-9-10-15/h4-8,15-17H,3,9-13H2,1-2H3. The van der Waals surface area contributed by atoms with Gasteiger partial charge in [-0.15, -0.1) is 0 Å². The summed E-state index contributed by atoms with van der Waals surface area (Å²) in [5, 5.41) is 3.67. The van der Waals surface area contributed by atoms with Gasteiger partial charge in [-0.25, -0.2) is 0 Å². The molecule has 0 spiro atoms. The largest absolute Gasteiger partial charge is 0.310 e. The fraction of sp³-hybridized carbons (Fsp3) is 0.625. The number of hydrogen-bond donors (Lipinski definition) is 1.